The minimum absolute atomic E-state index is 0.175. The molecule has 39 heavy (non-hydrogen) atoms. The van der Waals surface area contributed by atoms with Gasteiger partial charge in [0.1, 0.15) is 24.4 Å². The normalized spacial score (nSPS) is 22.1. The van der Waals surface area contributed by atoms with E-state index < -0.39 is 24.0 Å². The molecule has 0 fully saturated rings. The van der Waals surface area contributed by atoms with Crippen LogP contribution in [0.3, 0.4) is 0 Å². The molecule has 0 bridgehead atoms. The van der Waals surface area contributed by atoms with Crippen molar-refractivity contribution in [2.75, 3.05) is 26.7 Å². The molecule has 1 aliphatic heterocycles. The van der Waals surface area contributed by atoms with Crippen LogP contribution >= 0.6 is 23.2 Å². The third-order valence-corrected chi connectivity index (χ3v) is 7.49. The van der Waals surface area contributed by atoms with Crippen molar-refractivity contribution >= 4 is 40.9 Å². The Morgan fingerprint density at radius 2 is 1.79 bits per heavy atom. The first-order valence-electron chi connectivity index (χ1n) is 13.4. The number of aryl methyl sites for hydroxylation is 1. The second-order valence-corrected chi connectivity index (χ2v) is 10.6. The van der Waals surface area contributed by atoms with Crippen molar-refractivity contribution in [3.8, 4) is 5.75 Å². The van der Waals surface area contributed by atoms with E-state index in [1.165, 1.54) is 4.90 Å². The van der Waals surface area contributed by atoms with E-state index in [0.717, 1.165) is 17.7 Å². The SMILES string of the molecule is CCC[C@@H]1NCCOc2ccccc2CCCNC(=O)[C@@H](Cc2ccc(Cl)cc2Cl)NC(=O)[C@@H](C)N(C)C1=O. The molecule has 8 nitrogen and oxygen atoms in total. The van der Waals surface area contributed by atoms with Gasteiger partial charge in [0.15, 0.2) is 0 Å². The van der Waals surface area contributed by atoms with Crippen LogP contribution in [0.1, 0.15) is 44.2 Å². The van der Waals surface area contributed by atoms with E-state index in [0.29, 0.717) is 54.6 Å². The number of hydrogen-bond acceptors (Lipinski definition) is 5. The van der Waals surface area contributed by atoms with Gasteiger partial charge in [-0.2, -0.15) is 0 Å². The van der Waals surface area contributed by atoms with Crippen molar-refractivity contribution in [1.82, 2.24) is 20.9 Å². The molecule has 3 N–H and O–H groups in total. The van der Waals surface area contributed by atoms with Crippen LogP contribution in [-0.4, -0.2) is 67.5 Å². The summed E-state index contributed by atoms with van der Waals surface area (Å²) >= 11 is 12.4. The summed E-state index contributed by atoms with van der Waals surface area (Å²) < 4.78 is 6.02. The molecule has 0 unspecified atom stereocenters. The monoisotopic (exact) mass is 576 g/mol. The van der Waals surface area contributed by atoms with Crippen LogP contribution in [0.2, 0.25) is 10.0 Å². The van der Waals surface area contributed by atoms with Gasteiger partial charge >= 0.3 is 0 Å². The van der Waals surface area contributed by atoms with Gasteiger partial charge in [0, 0.05) is 36.6 Å². The highest BCUT2D eigenvalue weighted by atomic mass is 35.5. The maximum Gasteiger partial charge on any atom is 0.243 e. The number of carbonyl (C=O) groups excluding carboxylic acids is 3. The summed E-state index contributed by atoms with van der Waals surface area (Å²) in [4.78, 5) is 41.3. The topological polar surface area (TPSA) is 99.8 Å². The number of carbonyl (C=O) groups is 3. The van der Waals surface area contributed by atoms with E-state index in [-0.39, 0.29) is 18.2 Å². The minimum Gasteiger partial charge on any atom is -0.492 e. The summed E-state index contributed by atoms with van der Waals surface area (Å²) in [6.07, 6.45) is 3.00. The molecular formula is C29H38Cl2N4O4. The van der Waals surface area contributed by atoms with Crippen LogP contribution in [0, 0.1) is 0 Å². The van der Waals surface area contributed by atoms with Crippen LogP contribution in [0.25, 0.3) is 0 Å². The highest BCUT2D eigenvalue weighted by Crippen LogP contribution is 2.23. The Morgan fingerprint density at radius 3 is 2.54 bits per heavy atom. The maximum atomic E-state index is 13.3. The molecule has 3 rings (SSSR count). The summed E-state index contributed by atoms with van der Waals surface area (Å²) in [5.74, 6) is -0.155. The number of amides is 3. The Bertz CT molecular complexity index is 1150. The molecule has 0 aliphatic carbocycles. The summed E-state index contributed by atoms with van der Waals surface area (Å²) in [6.45, 7) is 4.96. The lowest BCUT2D eigenvalue weighted by atomic mass is 10.0. The molecule has 0 saturated carbocycles. The van der Waals surface area contributed by atoms with Gasteiger partial charge in [0.25, 0.3) is 0 Å². The van der Waals surface area contributed by atoms with Gasteiger partial charge in [0.05, 0.1) is 6.04 Å². The first-order chi connectivity index (χ1) is 18.7. The number of nitrogens with zero attached hydrogens (tertiary/aromatic N) is 1. The Hall–Kier alpha value is -2.81. The second-order valence-electron chi connectivity index (χ2n) is 9.77. The maximum absolute atomic E-state index is 13.3. The number of hydrogen-bond donors (Lipinski definition) is 3. The molecule has 0 spiro atoms. The average Bonchev–Trinajstić information content (AvgIpc) is 2.92. The molecule has 3 amide bonds. The fourth-order valence-corrected chi connectivity index (χ4v) is 4.97. The molecule has 1 aliphatic rings. The average molecular weight is 578 g/mol. The van der Waals surface area contributed by atoms with Gasteiger partial charge in [-0.15, -0.1) is 0 Å². The van der Waals surface area contributed by atoms with E-state index >= 15 is 0 Å². The molecule has 2 aromatic carbocycles. The number of ether oxygens (including phenoxy) is 1. The Morgan fingerprint density at radius 1 is 1.03 bits per heavy atom. The molecule has 0 radical (unpaired) electrons. The van der Waals surface area contributed by atoms with Gasteiger partial charge in [-0.3, -0.25) is 14.4 Å². The van der Waals surface area contributed by atoms with E-state index in [1.807, 2.05) is 31.2 Å². The number of benzene rings is 2. The van der Waals surface area contributed by atoms with E-state index in [2.05, 4.69) is 16.0 Å². The predicted molar refractivity (Wildman–Crippen MR) is 154 cm³/mol. The lowest BCUT2D eigenvalue weighted by Gasteiger charge is -2.30. The Balaban J connectivity index is 1.85. The molecule has 2 aromatic rings. The summed E-state index contributed by atoms with van der Waals surface area (Å²) in [6, 6.07) is 10.7. The molecule has 0 aromatic heterocycles. The molecule has 1 heterocycles. The van der Waals surface area contributed by atoms with Crippen molar-refractivity contribution in [2.24, 2.45) is 0 Å². The zero-order chi connectivity index (χ0) is 28.4. The van der Waals surface area contributed by atoms with Crippen molar-refractivity contribution < 1.29 is 19.1 Å². The Kier molecular flexibility index (Phi) is 11.9. The van der Waals surface area contributed by atoms with E-state index in [9.17, 15) is 14.4 Å². The standard InChI is InChI=1S/C29H38Cl2N4O4/c1-4-8-24-29(38)35(3)19(2)27(36)34-25(17-21-12-13-22(30)18-23(21)31)28(37)33-14-7-10-20-9-5-6-11-26(20)39-16-15-32-24/h5-6,9,11-13,18-19,24-25,32H,4,7-8,10,14-17H2,1-3H3,(H,33,37)(H,34,36)/t19-,24+,25-/m1/s1. The second kappa shape index (κ2) is 15.1. The lowest BCUT2D eigenvalue weighted by molar-refractivity contribution is -0.141. The Labute approximate surface area is 240 Å². The fourth-order valence-electron chi connectivity index (χ4n) is 4.48. The van der Waals surface area contributed by atoms with Crippen molar-refractivity contribution in [1.29, 1.82) is 0 Å². The van der Waals surface area contributed by atoms with Crippen LogP contribution in [0.5, 0.6) is 5.75 Å². The number of likely N-dealkylation sites (N-methyl/N-ethyl adjacent to an activating group) is 1. The van der Waals surface area contributed by atoms with E-state index in [4.69, 9.17) is 27.9 Å². The number of fused-ring (bicyclic) bond motifs is 1. The number of para-hydroxylation sites is 1. The van der Waals surface area contributed by atoms with Gasteiger partial charge in [-0.25, -0.2) is 0 Å². The van der Waals surface area contributed by atoms with Crippen molar-refractivity contribution in [3.63, 3.8) is 0 Å². The highest BCUT2D eigenvalue weighted by molar-refractivity contribution is 6.35. The number of rotatable bonds is 4. The molecule has 212 valence electrons. The molecule has 3 atom stereocenters. The summed E-state index contributed by atoms with van der Waals surface area (Å²) in [7, 11) is 1.60. The van der Waals surface area contributed by atoms with Gasteiger partial charge in [-0.1, -0.05) is 60.8 Å². The minimum atomic E-state index is -0.888. The predicted octanol–water partition coefficient (Wildman–Crippen LogP) is 3.77. The molecule has 0 saturated heterocycles. The number of nitrogens with one attached hydrogen (secondary N) is 3. The van der Waals surface area contributed by atoms with Crippen LogP contribution in [0.15, 0.2) is 42.5 Å². The van der Waals surface area contributed by atoms with Crippen molar-refractivity contribution in [3.05, 3.63) is 63.6 Å². The quantitative estimate of drug-likeness (QED) is 0.514. The fraction of sp³-hybridized carbons (Fsp3) is 0.483. The van der Waals surface area contributed by atoms with Crippen LogP contribution < -0.4 is 20.7 Å². The summed E-state index contributed by atoms with van der Waals surface area (Å²) in [5, 5.41) is 9.98. The smallest absolute Gasteiger partial charge is 0.243 e. The van der Waals surface area contributed by atoms with Crippen LogP contribution in [-0.2, 0) is 27.2 Å². The number of halogens is 2. The third kappa shape index (κ3) is 8.85. The zero-order valence-electron chi connectivity index (χ0n) is 22.8. The van der Waals surface area contributed by atoms with Crippen molar-refractivity contribution in [2.45, 2.75) is 64.1 Å². The third-order valence-electron chi connectivity index (χ3n) is 6.90. The molecule has 10 heteroatoms. The summed E-state index contributed by atoms with van der Waals surface area (Å²) in [5.41, 5.74) is 1.72. The first-order valence-corrected chi connectivity index (χ1v) is 14.2. The van der Waals surface area contributed by atoms with Gasteiger partial charge in [0.2, 0.25) is 17.7 Å². The largest absolute Gasteiger partial charge is 0.492 e. The highest BCUT2D eigenvalue weighted by Gasteiger charge is 2.30. The van der Waals surface area contributed by atoms with Gasteiger partial charge < -0.3 is 25.6 Å². The molecular weight excluding hydrogens is 539 g/mol. The first kappa shape index (κ1) is 30.7. The lowest BCUT2D eigenvalue weighted by Crippen LogP contribution is -2.56. The van der Waals surface area contributed by atoms with Gasteiger partial charge in [-0.05, 0) is 55.5 Å². The van der Waals surface area contributed by atoms with Crippen LogP contribution in [0.4, 0.5) is 0 Å². The van der Waals surface area contributed by atoms with E-state index in [1.54, 1.807) is 32.2 Å². The zero-order valence-corrected chi connectivity index (χ0v) is 24.3.